The molecule has 1 unspecified atom stereocenters. The van der Waals surface area contributed by atoms with Gasteiger partial charge in [-0.1, -0.05) is 57.9 Å². The summed E-state index contributed by atoms with van der Waals surface area (Å²) >= 11 is 9.53. The van der Waals surface area contributed by atoms with Gasteiger partial charge in [0.2, 0.25) is 0 Å². The lowest BCUT2D eigenvalue weighted by Gasteiger charge is -2.13. The van der Waals surface area contributed by atoms with Gasteiger partial charge in [0.1, 0.15) is 12.4 Å². The Balaban J connectivity index is 1.82. The van der Waals surface area contributed by atoms with Crippen LogP contribution in [0.1, 0.15) is 35.1 Å². The van der Waals surface area contributed by atoms with E-state index in [2.05, 4.69) is 28.1 Å². The molecule has 0 bridgehead atoms. The third-order valence-corrected chi connectivity index (χ3v) is 5.71. The summed E-state index contributed by atoms with van der Waals surface area (Å²) in [7, 11) is 0. The van der Waals surface area contributed by atoms with Crippen molar-refractivity contribution >= 4 is 39.1 Å². The number of carbonyl (C=O) groups is 1. The fraction of sp³-hybridized carbons (Fsp3) is 0.160. The second-order valence-corrected chi connectivity index (χ2v) is 8.37. The number of hydrogen-bond donors (Lipinski definition) is 1. The molecule has 0 saturated heterocycles. The zero-order valence-electron chi connectivity index (χ0n) is 16.7. The van der Waals surface area contributed by atoms with Gasteiger partial charge in [-0.25, -0.2) is 0 Å². The highest BCUT2D eigenvalue weighted by Crippen LogP contribution is 2.27. The maximum absolute atomic E-state index is 11.2. The van der Waals surface area contributed by atoms with E-state index in [1.165, 1.54) is 0 Å². The fourth-order valence-electron chi connectivity index (χ4n) is 3.24. The van der Waals surface area contributed by atoms with Crippen molar-refractivity contribution in [2.24, 2.45) is 0 Å². The number of hydrogen-bond acceptors (Lipinski definition) is 2. The maximum atomic E-state index is 11.2. The molecule has 0 spiro atoms. The van der Waals surface area contributed by atoms with Crippen LogP contribution in [0.5, 0.6) is 5.75 Å². The molecule has 0 amide bonds. The third kappa shape index (κ3) is 5.53. The van der Waals surface area contributed by atoms with Crippen LogP contribution in [0.2, 0.25) is 5.02 Å². The number of carboxylic acid groups (broad SMARTS) is 1. The Morgan fingerprint density at radius 1 is 1.07 bits per heavy atom. The zero-order valence-corrected chi connectivity index (χ0v) is 19.1. The van der Waals surface area contributed by atoms with Gasteiger partial charge in [-0.05, 0) is 84.1 Å². The van der Waals surface area contributed by atoms with Gasteiger partial charge in [0, 0.05) is 9.50 Å². The van der Waals surface area contributed by atoms with Crippen LogP contribution in [-0.4, -0.2) is 17.7 Å². The molecule has 3 rings (SSSR count). The van der Waals surface area contributed by atoms with Crippen LogP contribution in [0, 0.1) is 6.92 Å². The Hall–Kier alpha value is -2.56. The van der Waals surface area contributed by atoms with Crippen LogP contribution in [0.25, 0.3) is 5.57 Å². The summed E-state index contributed by atoms with van der Waals surface area (Å²) in [6.45, 7) is 3.96. The summed E-state index contributed by atoms with van der Waals surface area (Å²) in [5.41, 5.74) is 4.87. The van der Waals surface area contributed by atoms with Crippen LogP contribution in [0.4, 0.5) is 0 Å². The number of aliphatic carboxylic acids is 1. The Morgan fingerprint density at radius 3 is 2.23 bits per heavy atom. The van der Waals surface area contributed by atoms with E-state index in [9.17, 15) is 9.90 Å². The average Bonchev–Trinajstić information content (AvgIpc) is 2.72. The predicted molar refractivity (Wildman–Crippen MR) is 125 cm³/mol. The van der Waals surface area contributed by atoms with E-state index in [1.807, 2.05) is 67.6 Å². The largest absolute Gasteiger partial charge is 0.490 e. The first-order valence-corrected chi connectivity index (χ1v) is 10.7. The summed E-state index contributed by atoms with van der Waals surface area (Å²) in [4.78, 5) is 11.2. The molecule has 5 heteroatoms. The predicted octanol–water partition coefficient (Wildman–Crippen LogP) is 7.11. The van der Waals surface area contributed by atoms with Gasteiger partial charge in [-0.15, -0.1) is 0 Å². The van der Waals surface area contributed by atoms with E-state index in [4.69, 9.17) is 16.3 Å². The Bertz CT molecular complexity index is 1010. The summed E-state index contributed by atoms with van der Waals surface area (Å²) in [6, 6.07) is 21.4. The number of ether oxygens (including phenoxy) is 1. The molecule has 154 valence electrons. The van der Waals surface area contributed by atoms with Crippen molar-refractivity contribution in [3.63, 3.8) is 0 Å². The van der Waals surface area contributed by atoms with Crippen LogP contribution >= 0.6 is 27.5 Å². The lowest BCUT2D eigenvalue weighted by atomic mass is 9.96. The smallest absolute Gasteiger partial charge is 0.310 e. The van der Waals surface area contributed by atoms with Crippen molar-refractivity contribution < 1.29 is 14.6 Å². The highest BCUT2D eigenvalue weighted by molar-refractivity contribution is 9.10. The molecule has 1 atom stereocenters. The van der Waals surface area contributed by atoms with E-state index in [-0.39, 0.29) is 0 Å². The monoisotopic (exact) mass is 484 g/mol. The van der Waals surface area contributed by atoms with E-state index >= 15 is 0 Å². The van der Waals surface area contributed by atoms with Gasteiger partial charge in [0.05, 0.1) is 5.92 Å². The van der Waals surface area contributed by atoms with Gasteiger partial charge in [-0.3, -0.25) is 4.79 Å². The molecule has 0 saturated carbocycles. The molecule has 0 aromatic heterocycles. The van der Waals surface area contributed by atoms with Crippen LogP contribution < -0.4 is 4.74 Å². The fourth-order valence-corrected chi connectivity index (χ4v) is 3.63. The average molecular weight is 486 g/mol. The van der Waals surface area contributed by atoms with E-state index < -0.39 is 11.9 Å². The first-order valence-electron chi connectivity index (χ1n) is 9.53. The topological polar surface area (TPSA) is 46.5 Å². The van der Waals surface area contributed by atoms with Crippen molar-refractivity contribution in [1.29, 1.82) is 0 Å². The highest BCUT2D eigenvalue weighted by Gasteiger charge is 2.16. The van der Waals surface area contributed by atoms with Crippen molar-refractivity contribution in [1.82, 2.24) is 0 Å². The molecule has 0 aliphatic heterocycles. The first kappa shape index (κ1) is 22.1. The maximum Gasteiger partial charge on any atom is 0.310 e. The molecule has 30 heavy (non-hydrogen) atoms. The molecule has 3 aromatic rings. The van der Waals surface area contributed by atoms with Gasteiger partial charge in [0.15, 0.2) is 0 Å². The normalized spacial score (nSPS) is 12.5. The van der Waals surface area contributed by atoms with Gasteiger partial charge in [0.25, 0.3) is 0 Å². The molecule has 0 heterocycles. The number of aryl methyl sites for hydroxylation is 1. The van der Waals surface area contributed by atoms with Crippen molar-refractivity contribution in [2.75, 3.05) is 6.61 Å². The SMILES string of the molecule is Cc1cc(OC/C=C(\c2ccc(Cl)cc2)c2ccc(Br)cc2)ccc1C(C)C(=O)O. The second-order valence-electron chi connectivity index (χ2n) is 7.02. The lowest BCUT2D eigenvalue weighted by molar-refractivity contribution is -0.138. The van der Waals surface area contributed by atoms with Gasteiger partial charge in [-0.2, -0.15) is 0 Å². The van der Waals surface area contributed by atoms with E-state index in [1.54, 1.807) is 6.92 Å². The van der Waals surface area contributed by atoms with Crippen molar-refractivity contribution in [2.45, 2.75) is 19.8 Å². The van der Waals surface area contributed by atoms with Crippen molar-refractivity contribution in [3.05, 3.63) is 105 Å². The summed E-state index contributed by atoms with van der Waals surface area (Å²) < 4.78 is 6.96. The Kier molecular flexibility index (Phi) is 7.35. The standard InChI is InChI=1S/C25H22BrClO3/c1-16-15-22(11-12-23(16)17(2)25(28)29)30-14-13-24(18-3-7-20(26)8-4-18)19-5-9-21(27)10-6-19/h3-13,15,17H,14H2,1-2H3,(H,28,29)/b24-13-. The molecule has 0 aliphatic carbocycles. The quantitative estimate of drug-likeness (QED) is 0.388. The van der Waals surface area contributed by atoms with Crippen molar-refractivity contribution in [3.8, 4) is 5.75 Å². The number of benzene rings is 3. The molecular weight excluding hydrogens is 464 g/mol. The molecule has 0 aliphatic rings. The summed E-state index contributed by atoms with van der Waals surface area (Å²) in [5, 5.41) is 9.92. The minimum Gasteiger partial charge on any atom is -0.490 e. The Morgan fingerprint density at radius 2 is 1.67 bits per heavy atom. The Labute approximate surface area is 190 Å². The van der Waals surface area contributed by atoms with Crippen LogP contribution in [-0.2, 0) is 4.79 Å². The molecule has 3 aromatic carbocycles. The van der Waals surface area contributed by atoms with Crippen LogP contribution in [0.15, 0.2) is 77.3 Å². The van der Waals surface area contributed by atoms with Crippen LogP contribution in [0.3, 0.4) is 0 Å². The summed E-state index contributed by atoms with van der Waals surface area (Å²) in [5.74, 6) is -0.680. The minimum atomic E-state index is -0.836. The number of halogens is 2. The van der Waals surface area contributed by atoms with E-state index in [0.717, 1.165) is 32.3 Å². The summed E-state index contributed by atoms with van der Waals surface area (Å²) in [6.07, 6.45) is 2.04. The van der Waals surface area contributed by atoms with Gasteiger partial charge >= 0.3 is 5.97 Å². The first-order chi connectivity index (χ1) is 14.3. The highest BCUT2D eigenvalue weighted by atomic mass is 79.9. The van der Waals surface area contributed by atoms with E-state index in [0.29, 0.717) is 17.4 Å². The lowest BCUT2D eigenvalue weighted by Crippen LogP contribution is -2.09. The number of rotatable bonds is 7. The molecule has 0 fully saturated rings. The van der Waals surface area contributed by atoms with Gasteiger partial charge < -0.3 is 9.84 Å². The second kappa shape index (κ2) is 9.96. The molecule has 3 nitrogen and oxygen atoms in total. The third-order valence-electron chi connectivity index (χ3n) is 4.93. The number of carboxylic acids is 1. The molecule has 0 radical (unpaired) electrons. The minimum absolute atomic E-state index is 0.376. The molecule has 1 N–H and O–H groups in total. The zero-order chi connectivity index (χ0) is 21.7. The molecular formula is C25H22BrClO3.